The number of nitrogens with one attached hydrogen (secondary N) is 1. The van der Waals surface area contributed by atoms with Crippen molar-refractivity contribution in [3.8, 4) is 0 Å². The molecular weight excluding hydrogens is 434 g/mol. The summed E-state index contributed by atoms with van der Waals surface area (Å²) in [6, 6.07) is 2.98. The molecule has 188 valence electrons. The number of carbonyl (C=O) groups is 2. The highest BCUT2D eigenvalue weighted by Gasteiger charge is 2.33. The summed E-state index contributed by atoms with van der Waals surface area (Å²) in [5.74, 6) is -0.392. The summed E-state index contributed by atoms with van der Waals surface area (Å²) < 4.78 is 11.4. The lowest BCUT2D eigenvalue weighted by atomic mass is 9.79. The van der Waals surface area contributed by atoms with Crippen LogP contribution in [0.15, 0.2) is 12.1 Å². The molecule has 2 aliphatic carbocycles. The van der Waals surface area contributed by atoms with Crippen molar-refractivity contribution in [1.82, 2.24) is 15.2 Å². The van der Waals surface area contributed by atoms with Crippen molar-refractivity contribution >= 4 is 12.0 Å². The molecule has 3 atom stereocenters. The number of nitrogens with zero attached hydrogens (tertiary/aromatic N) is 2. The van der Waals surface area contributed by atoms with E-state index in [-0.39, 0.29) is 30.6 Å². The molecule has 0 radical (unpaired) electrons. The van der Waals surface area contributed by atoms with E-state index in [1.165, 1.54) is 36.2 Å². The summed E-state index contributed by atoms with van der Waals surface area (Å²) in [5, 5.41) is 12.2. The first-order valence-corrected chi connectivity index (χ1v) is 12.9. The number of ether oxygens (including phenoxy) is 2. The van der Waals surface area contributed by atoms with Crippen LogP contribution in [-0.4, -0.2) is 71.0 Å². The van der Waals surface area contributed by atoms with Gasteiger partial charge in [0.15, 0.2) is 0 Å². The van der Waals surface area contributed by atoms with Gasteiger partial charge in [-0.15, -0.1) is 0 Å². The highest BCUT2D eigenvalue weighted by molar-refractivity contribution is 5.83. The van der Waals surface area contributed by atoms with Gasteiger partial charge in [-0.2, -0.15) is 0 Å². The molecule has 2 amide bonds. The summed E-state index contributed by atoms with van der Waals surface area (Å²) in [5.41, 5.74) is 3.93. The molecule has 0 bridgehead atoms. The van der Waals surface area contributed by atoms with Crippen LogP contribution < -0.4 is 5.32 Å². The number of rotatable bonds is 9. The standard InChI is InChI=1S/C26H39N3O5/c1-17-15-33-16-18(2)29(17)26(32)28-24(25(30)31)11-12-34-22-13-19(14-22)7-9-21-10-8-20-5-3-4-6-23(20)27-21/h8,10,17-19,22,24H,3-7,9,11-16H2,1-2H3,(H,28,32)(H,30,31)/t17-,18+,19?,22?,24-/m0/s1. The number of hydrogen-bond acceptors (Lipinski definition) is 5. The minimum atomic E-state index is -1.03. The van der Waals surface area contributed by atoms with Crippen LogP contribution >= 0.6 is 0 Å². The highest BCUT2D eigenvalue weighted by Crippen LogP contribution is 2.34. The Kier molecular flexibility index (Phi) is 8.42. The topological polar surface area (TPSA) is 101 Å². The largest absolute Gasteiger partial charge is 0.480 e. The van der Waals surface area contributed by atoms with Gasteiger partial charge in [-0.05, 0) is 82.8 Å². The lowest BCUT2D eigenvalue weighted by Gasteiger charge is -2.39. The second-order valence-electron chi connectivity index (χ2n) is 10.3. The van der Waals surface area contributed by atoms with Gasteiger partial charge in [-0.1, -0.05) is 6.07 Å². The molecule has 34 heavy (non-hydrogen) atoms. The van der Waals surface area contributed by atoms with Gasteiger partial charge in [0.05, 0.1) is 31.4 Å². The van der Waals surface area contributed by atoms with Crippen molar-refractivity contribution < 1.29 is 24.2 Å². The van der Waals surface area contributed by atoms with Gasteiger partial charge in [-0.25, -0.2) is 9.59 Å². The molecule has 2 fully saturated rings. The fourth-order valence-electron chi connectivity index (χ4n) is 5.40. The van der Waals surface area contributed by atoms with Crippen LogP contribution in [0, 0.1) is 5.92 Å². The number of aromatic nitrogens is 1. The maximum Gasteiger partial charge on any atom is 0.326 e. The quantitative estimate of drug-likeness (QED) is 0.570. The molecule has 1 aromatic rings. The van der Waals surface area contributed by atoms with Gasteiger partial charge in [0.25, 0.3) is 0 Å². The number of fused-ring (bicyclic) bond motifs is 1. The maximum absolute atomic E-state index is 12.7. The smallest absolute Gasteiger partial charge is 0.326 e. The predicted octanol–water partition coefficient (Wildman–Crippen LogP) is 3.35. The van der Waals surface area contributed by atoms with E-state index in [2.05, 4.69) is 17.4 Å². The molecule has 2 N–H and O–H groups in total. The molecule has 0 spiro atoms. The Bertz CT molecular complexity index is 847. The molecule has 4 rings (SSSR count). The fourth-order valence-corrected chi connectivity index (χ4v) is 5.40. The van der Waals surface area contributed by atoms with Crippen LogP contribution in [0.25, 0.3) is 0 Å². The van der Waals surface area contributed by atoms with E-state index in [0.29, 0.717) is 25.7 Å². The van der Waals surface area contributed by atoms with E-state index in [9.17, 15) is 14.7 Å². The SMILES string of the molecule is C[C@@H]1COC[C@H](C)N1C(=O)N[C@@H](CCOC1CC(CCc2ccc3c(n2)CCCC3)C1)C(=O)O. The molecule has 2 heterocycles. The average Bonchev–Trinajstić information content (AvgIpc) is 2.78. The summed E-state index contributed by atoms with van der Waals surface area (Å²) in [6.07, 6.45) is 9.42. The first-order valence-electron chi connectivity index (χ1n) is 12.9. The molecule has 8 nitrogen and oxygen atoms in total. The predicted molar refractivity (Wildman–Crippen MR) is 128 cm³/mol. The first-order chi connectivity index (χ1) is 16.4. The van der Waals surface area contributed by atoms with Crippen molar-refractivity contribution in [2.45, 2.75) is 95.9 Å². The molecule has 1 aromatic heterocycles. The Balaban J connectivity index is 1.14. The number of aryl methyl sites for hydroxylation is 3. The molecule has 8 heteroatoms. The van der Waals surface area contributed by atoms with E-state index in [1.807, 2.05) is 13.8 Å². The first kappa shape index (κ1) is 24.9. The lowest BCUT2D eigenvalue weighted by molar-refractivity contribution is -0.140. The number of hydrogen-bond donors (Lipinski definition) is 2. The number of pyridine rings is 1. The maximum atomic E-state index is 12.7. The van der Waals surface area contributed by atoms with E-state index in [1.54, 1.807) is 4.90 Å². The fraction of sp³-hybridized carbons (Fsp3) is 0.731. The zero-order chi connectivity index (χ0) is 24.1. The Morgan fingerprint density at radius 1 is 1.21 bits per heavy atom. The normalized spacial score (nSPS) is 27.4. The van der Waals surface area contributed by atoms with E-state index >= 15 is 0 Å². The second-order valence-corrected chi connectivity index (χ2v) is 10.3. The Hall–Kier alpha value is -2.19. The second kappa shape index (κ2) is 11.5. The van der Waals surface area contributed by atoms with Crippen LogP contribution in [-0.2, 0) is 33.5 Å². The zero-order valence-electron chi connectivity index (χ0n) is 20.5. The number of urea groups is 1. The van der Waals surface area contributed by atoms with Crippen molar-refractivity contribution in [2.24, 2.45) is 5.92 Å². The monoisotopic (exact) mass is 473 g/mol. The summed E-state index contributed by atoms with van der Waals surface area (Å²) >= 11 is 0. The molecular formula is C26H39N3O5. The van der Waals surface area contributed by atoms with Gasteiger partial charge < -0.3 is 24.8 Å². The molecule has 1 aliphatic heterocycles. The molecule has 0 aromatic carbocycles. The van der Waals surface area contributed by atoms with E-state index in [4.69, 9.17) is 14.5 Å². The number of carboxylic acid groups (broad SMARTS) is 1. The van der Waals surface area contributed by atoms with Crippen LogP contribution in [0.5, 0.6) is 0 Å². The van der Waals surface area contributed by atoms with Crippen molar-refractivity contribution in [1.29, 1.82) is 0 Å². The van der Waals surface area contributed by atoms with E-state index in [0.717, 1.165) is 32.1 Å². The highest BCUT2D eigenvalue weighted by atomic mass is 16.5. The number of carboxylic acids is 1. The van der Waals surface area contributed by atoms with Gasteiger partial charge in [0, 0.05) is 24.4 Å². The average molecular weight is 474 g/mol. The van der Waals surface area contributed by atoms with Crippen molar-refractivity contribution in [3.05, 3.63) is 29.1 Å². The Morgan fingerprint density at radius 2 is 1.94 bits per heavy atom. The van der Waals surface area contributed by atoms with Gasteiger partial charge in [-0.3, -0.25) is 4.98 Å². The number of amides is 2. The Morgan fingerprint density at radius 3 is 2.68 bits per heavy atom. The summed E-state index contributed by atoms with van der Waals surface area (Å²) in [6.45, 7) is 5.06. The van der Waals surface area contributed by atoms with Gasteiger partial charge in [0.1, 0.15) is 6.04 Å². The summed E-state index contributed by atoms with van der Waals surface area (Å²) in [4.78, 5) is 30.9. The van der Waals surface area contributed by atoms with Crippen LogP contribution in [0.3, 0.4) is 0 Å². The van der Waals surface area contributed by atoms with Crippen LogP contribution in [0.1, 0.15) is 69.3 Å². The molecule has 1 saturated carbocycles. The van der Waals surface area contributed by atoms with Gasteiger partial charge >= 0.3 is 12.0 Å². The molecule has 0 unspecified atom stereocenters. The minimum absolute atomic E-state index is 0.0853. The van der Waals surface area contributed by atoms with Gasteiger partial charge in [0.2, 0.25) is 0 Å². The van der Waals surface area contributed by atoms with Crippen molar-refractivity contribution in [2.75, 3.05) is 19.8 Å². The number of carbonyl (C=O) groups excluding carboxylic acids is 1. The third kappa shape index (κ3) is 6.27. The summed E-state index contributed by atoms with van der Waals surface area (Å²) in [7, 11) is 0. The van der Waals surface area contributed by atoms with Crippen LogP contribution in [0.2, 0.25) is 0 Å². The third-order valence-electron chi connectivity index (χ3n) is 7.50. The van der Waals surface area contributed by atoms with Crippen molar-refractivity contribution in [3.63, 3.8) is 0 Å². The number of aliphatic carboxylic acids is 1. The lowest BCUT2D eigenvalue weighted by Crippen LogP contribution is -2.58. The third-order valence-corrected chi connectivity index (χ3v) is 7.50. The van der Waals surface area contributed by atoms with E-state index < -0.39 is 12.0 Å². The minimum Gasteiger partial charge on any atom is -0.480 e. The molecule has 1 saturated heterocycles. The van der Waals surface area contributed by atoms with Crippen LogP contribution in [0.4, 0.5) is 4.79 Å². The zero-order valence-corrected chi connectivity index (χ0v) is 20.5. The Labute approximate surface area is 202 Å². The molecule has 3 aliphatic rings. The number of morpholine rings is 1.